The average molecular weight is 315 g/mol. The first-order chi connectivity index (χ1) is 10.7. The number of thiophene rings is 1. The van der Waals surface area contributed by atoms with Crippen molar-refractivity contribution in [2.75, 3.05) is 14.2 Å². The third-order valence-electron chi connectivity index (χ3n) is 3.42. The molecule has 2 heterocycles. The van der Waals surface area contributed by atoms with E-state index in [0.717, 1.165) is 23.4 Å². The van der Waals surface area contributed by atoms with E-state index in [-0.39, 0.29) is 5.56 Å². The molecule has 2 aromatic heterocycles. The molecule has 1 aromatic carbocycles. The number of para-hydroxylation sites is 1. The fourth-order valence-corrected chi connectivity index (χ4v) is 3.16. The Balaban J connectivity index is 1.78. The maximum absolute atomic E-state index is 12.0. The van der Waals surface area contributed by atoms with E-state index in [4.69, 9.17) is 4.74 Å². The van der Waals surface area contributed by atoms with Crippen molar-refractivity contribution in [1.29, 1.82) is 0 Å². The summed E-state index contributed by atoms with van der Waals surface area (Å²) in [7, 11) is 3.66. The Kier molecular flexibility index (Phi) is 4.22. The molecule has 114 valence electrons. The van der Waals surface area contributed by atoms with Gasteiger partial charge in [-0.25, -0.2) is 4.98 Å². The van der Waals surface area contributed by atoms with E-state index in [2.05, 4.69) is 14.9 Å². The van der Waals surface area contributed by atoms with Crippen LogP contribution in [0.5, 0.6) is 5.75 Å². The Hall–Kier alpha value is -2.18. The van der Waals surface area contributed by atoms with Gasteiger partial charge in [-0.15, -0.1) is 11.3 Å². The van der Waals surface area contributed by atoms with Gasteiger partial charge in [0, 0.05) is 12.1 Å². The van der Waals surface area contributed by atoms with Gasteiger partial charge in [-0.3, -0.25) is 9.69 Å². The molecule has 0 unspecified atom stereocenters. The second-order valence-electron chi connectivity index (χ2n) is 5.13. The second kappa shape index (κ2) is 6.29. The molecular weight excluding hydrogens is 298 g/mol. The summed E-state index contributed by atoms with van der Waals surface area (Å²) in [5, 5.41) is 1.88. The number of aromatic amines is 1. The van der Waals surface area contributed by atoms with Gasteiger partial charge in [0.1, 0.15) is 16.3 Å². The highest BCUT2D eigenvalue weighted by Crippen LogP contribution is 2.19. The van der Waals surface area contributed by atoms with E-state index >= 15 is 0 Å². The molecule has 6 heteroatoms. The molecule has 0 saturated heterocycles. The highest BCUT2D eigenvalue weighted by molar-refractivity contribution is 7.17. The molecule has 5 nitrogen and oxygen atoms in total. The summed E-state index contributed by atoms with van der Waals surface area (Å²) < 4.78 is 6.04. The van der Waals surface area contributed by atoms with Crippen molar-refractivity contribution in [3.8, 4) is 5.75 Å². The lowest BCUT2D eigenvalue weighted by molar-refractivity contribution is 0.303. The highest BCUT2D eigenvalue weighted by atomic mass is 32.1. The van der Waals surface area contributed by atoms with Crippen molar-refractivity contribution in [2.24, 2.45) is 0 Å². The minimum Gasteiger partial charge on any atom is -0.496 e. The van der Waals surface area contributed by atoms with Crippen LogP contribution in [0.4, 0.5) is 0 Å². The van der Waals surface area contributed by atoms with Crippen molar-refractivity contribution >= 4 is 21.6 Å². The Bertz CT molecular complexity index is 841. The number of rotatable bonds is 5. The third kappa shape index (κ3) is 3.03. The molecule has 0 saturated carbocycles. The van der Waals surface area contributed by atoms with Gasteiger partial charge in [-0.1, -0.05) is 18.2 Å². The van der Waals surface area contributed by atoms with Crippen LogP contribution in [0.25, 0.3) is 10.2 Å². The summed E-state index contributed by atoms with van der Waals surface area (Å²) in [6, 6.07) is 9.79. The number of H-pyrrole nitrogens is 1. The number of methoxy groups -OCH3 is 1. The summed E-state index contributed by atoms with van der Waals surface area (Å²) in [5.41, 5.74) is 1.79. The van der Waals surface area contributed by atoms with Crippen molar-refractivity contribution < 1.29 is 4.74 Å². The highest BCUT2D eigenvalue weighted by Gasteiger charge is 2.09. The largest absolute Gasteiger partial charge is 0.496 e. The van der Waals surface area contributed by atoms with Crippen molar-refractivity contribution in [3.05, 3.63) is 57.5 Å². The van der Waals surface area contributed by atoms with Crippen LogP contribution in [0.1, 0.15) is 11.4 Å². The van der Waals surface area contributed by atoms with Gasteiger partial charge in [0.2, 0.25) is 0 Å². The molecule has 3 rings (SSSR count). The number of nitrogens with zero attached hydrogens (tertiary/aromatic N) is 2. The van der Waals surface area contributed by atoms with E-state index in [9.17, 15) is 4.79 Å². The van der Waals surface area contributed by atoms with Crippen LogP contribution in [-0.4, -0.2) is 29.0 Å². The molecule has 0 amide bonds. The van der Waals surface area contributed by atoms with Crippen LogP contribution in [0, 0.1) is 0 Å². The first kappa shape index (κ1) is 14.7. The van der Waals surface area contributed by atoms with E-state index in [0.29, 0.717) is 17.1 Å². The summed E-state index contributed by atoms with van der Waals surface area (Å²) in [4.78, 5) is 21.4. The molecule has 3 aromatic rings. The fourth-order valence-electron chi connectivity index (χ4n) is 2.43. The quantitative estimate of drug-likeness (QED) is 0.786. The zero-order valence-electron chi connectivity index (χ0n) is 12.5. The predicted molar refractivity (Wildman–Crippen MR) is 88.4 cm³/mol. The van der Waals surface area contributed by atoms with Crippen molar-refractivity contribution in [2.45, 2.75) is 13.1 Å². The smallest absolute Gasteiger partial charge is 0.268 e. The zero-order valence-corrected chi connectivity index (χ0v) is 13.3. The number of nitrogens with one attached hydrogen (secondary N) is 1. The lowest BCUT2D eigenvalue weighted by Crippen LogP contribution is -2.21. The fraction of sp³-hybridized carbons (Fsp3) is 0.250. The van der Waals surface area contributed by atoms with Gasteiger partial charge in [-0.05, 0) is 24.6 Å². The van der Waals surface area contributed by atoms with Crippen LogP contribution in [0.3, 0.4) is 0 Å². The van der Waals surface area contributed by atoms with Crippen molar-refractivity contribution in [1.82, 2.24) is 14.9 Å². The van der Waals surface area contributed by atoms with Gasteiger partial charge < -0.3 is 9.72 Å². The maximum Gasteiger partial charge on any atom is 0.268 e. The number of hydrogen-bond acceptors (Lipinski definition) is 5. The molecule has 0 fully saturated rings. The number of benzene rings is 1. The van der Waals surface area contributed by atoms with E-state index < -0.39 is 0 Å². The monoisotopic (exact) mass is 315 g/mol. The molecule has 0 radical (unpaired) electrons. The van der Waals surface area contributed by atoms with Crippen LogP contribution < -0.4 is 10.3 Å². The molecule has 0 aliphatic carbocycles. The Morgan fingerprint density at radius 1 is 1.27 bits per heavy atom. The lowest BCUT2D eigenvalue weighted by atomic mass is 10.2. The van der Waals surface area contributed by atoms with Gasteiger partial charge in [0.05, 0.1) is 19.2 Å². The number of aromatic nitrogens is 2. The normalized spacial score (nSPS) is 11.2. The summed E-state index contributed by atoms with van der Waals surface area (Å²) >= 11 is 1.41. The molecule has 0 spiro atoms. The van der Waals surface area contributed by atoms with Crippen LogP contribution >= 0.6 is 11.3 Å². The predicted octanol–water partition coefficient (Wildman–Crippen LogP) is 2.63. The third-order valence-corrected chi connectivity index (χ3v) is 4.32. The number of fused-ring (bicyclic) bond motifs is 1. The van der Waals surface area contributed by atoms with Gasteiger partial charge >= 0.3 is 0 Å². The van der Waals surface area contributed by atoms with Crippen LogP contribution in [0.2, 0.25) is 0 Å². The van der Waals surface area contributed by atoms with E-state index in [1.807, 2.05) is 42.8 Å². The van der Waals surface area contributed by atoms with Crippen LogP contribution in [-0.2, 0) is 13.1 Å². The summed E-state index contributed by atoms with van der Waals surface area (Å²) in [6.07, 6.45) is 0. The first-order valence-corrected chi connectivity index (χ1v) is 7.82. The van der Waals surface area contributed by atoms with Crippen molar-refractivity contribution in [3.63, 3.8) is 0 Å². The second-order valence-corrected chi connectivity index (χ2v) is 6.05. The average Bonchev–Trinajstić information content (AvgIpc) is 2.96. The Labute approximate surface area is 132 Å². The molecule has 0 aliphatic heterocycles. The van der Waals surface area contributed by atoms with Gasteiger partial charge in [0.25, 0.3) is 5.56 Å². The molecule has 1 N–H and O–H groups in total. The standard InChI is InChI=1S/C16H17N3O2S/c1-19(9-11-5-3-4-6-13(11)21-2)10-14-17-12-7-8-22-15(12)16(20)18-14/h3-8H,9-10H2,1-2H3,(H,17,18,20). The first-order valence-electron chi connectivity index (χ1n) is 6.94. The number of ether oxygens (including phenoxy) is 1. The minimum absolute atomic E-state index is 0.0688. The molecule has 22 heavy (non-hydrogen) atoms. The number of hydrogen-bond donors (Lipinski definition) is 1. The lowest BCUT2D eigenvalue weighted by Gasteiger charge is -2.17. The molecular formula is C16H17N3O2S. The summed E-state index contributed by atoms with van der Waals surface area (Å²) in [6.45, 7) is 1.29. The summed E-state index contributed by atoms with van der Waals surface area (Å²) in [5.74, 6) is 1.54. The molecule has 0 bridgehead atoms. The Morgan fingerprint density at radius 2 is 2.09 bits per heavy atom. The van der Waals surface area contributed by atoms with Crippen LogP contribution in [0.15, 0.2) is 40.5 Å². The zero-order chi connectivity index (χ0) is 15.5. The SMILES string of the molecule is COc1ccccc1CN(C)Cc1nc2ccsc2c(=O)[nH]1. The topological polar surface area (TPSA) is 58.2 Å². The maximum atomic E-state index is 12.0. The minimum atomic E-state index is -0.0688. The molecule has 0 aliphatic rings. The van der Waals surface area contributed by atoms with E-state index in [1.165, 1.54) is 11.3 Å². The van der Waals surface area contributed by atoms with Gasteiger partial charge in [-0.2, -0.15) is 0 Å². The van der Waals surface area contributed by atoms with Gasteiger partial charge in [0.15, 0.2) is 0 Å². The Morgan fingerprint density at radius 3 is 2.91 bits per heavy atom. The molecule has 0 atom stereocenters. The van der Waals surface area contributed by atoms with E-state index in [1.54, 1.807) is 7.11 Å².